The molecule has 2 heterocycles. The predicted octanol–water partition coefficient (Wildman–Crippen LogP) is 4.77. The highest BCUT2D eigenvalue weighted by Gasteiger charge is 2.14. The summed E-state index contributed by atoms with van der Waals surface area (Å²) in [7, 11) is 4.13. The second kappa shape index (κ2) is 7.66. The van der Waals surface area contributed by atoms with Crippen LogP contribution in [-0.2, 0) is 6.54 Å². The predicted molar refractivity (Wildman–Crippen MR) is 118 cm³/mol. The average Bonchev–Trinajstić information content (AvgIpc) is 2.67. The average molecular weight is 434 g/mol. The fraction of sp³-hybridized carbons (Fsp3) is 0.136. The van der Waals surface area contributed by atoms with Crippen LogP contribution in [-0.4, -0.2) is 33.9 Å². The summed E-state index contributed by atoms with van der Waals surface area (Å²) in [5, 5.41) is 0.772. The Hall–Kier alpha value is -2.83. The van der Waals surface area contributed by atoms with Gasteiger partial charge in [0.05, 0.1) is 11.1 Å². The summed E-state index contributed by atoms with van der Waals surface area (Å²) < 4.78 is 1.000. The van der Waals surface area contributed by atoms with Gasteiger partial charge in [-0.3, -0.25) is 0 Å². The molecule has 2 aromatic heterocycles. The van der Waals surface area contributed by atoms with Gasteiger partial charge in [-0.15, -0.1) is 0 Å². The van der Waals surface area contributed by atoms with E-state index in [0.717, 1.165) is 38.8 Å². The molecule has 0 aliphatic heterocycles. The van der Waals surface area contributed by atoms with E-state index in [1.807, 2.05) is 12.1 Å². The van der Waals surface area contributed by atoms with Crippen LogP contribution >= 0.6 is 15.9 Å². The summed E-state index contributed by atoms with van der Waals surface area (Å²) in [4.78, 5) is 15.4. The number of nitrogens with zero attached hydrogens (tertiary/aromatic N) is 4. The molecule has 0 unspecified atom stereocenters. The molecular weight excluding hydrogens is 414 g/mol. The van der Waals surface area contributed by atoms with Crippen LogP contribution in [0.3, 0.4) is 0 Å². The Morgan fingerprint density at radius 2 is 1.75 bits per heavy atom. The van der Waals surface area contributed by atoms with E-state index in [0.29, 0.717) is 11.5 Å². The molecule has 140 valence electrons. The number of aromatic nitrogens is 3. The molecule has 0 bridgehead atoms. The molecule has 0 saturated carbocycles. The van der Waals surface area contributed by atoms with Crippen LogP contribution in [0.2, 0.25) is 0 Å². The molecule has 0 aliphatic carbocycles. The fourth-order valence-corrected chi connectivity index (χ4v) is 3.66. The number of hydrogen-bond donors (Lipinski definition) is 1. The number of anilines is 1. The van der Waals surface area contributed by atoms with Crippen molar-refractivity contribution in [3.8, 4) is 22.4 Å². The minimum absolute atomic E-state index is 0.431. The van der Waals surface area contributed by atoms with E-state index in [4.69, 9.17) is 10.7 Å². The summed E-state index contributed by atoms with van der Waals surface area (Å²) >= 11 is 3.55. The van der Waals surface area contributed by atoms with Crippen molar-refractivity contribution >= 4 is 32.8 Å². The summed E-state index contributed by atoms with van der Waals surface area (Å²) in [6, 6.07) is 18.6. The molecule has 6 heteroatoms. The van der Waals surface area contributed by atoms with Crippen LogP contribution in [0.5, 0.6) is 0 Å². The van der Waals surface area contributed by atoms with Crippen LogP contribution in [0.25, 0.3) is 33.4 Å². The molecule has 4 aromatic rings. The van der Waals surface area contributed by atoms with Crippen molar-refractivity contribution in [1.29, 1.82) is 0 Å². The molecule has 5 nitrogen and oxygen atoms in total. The fourth-order valence-electron chi connectivity index (χ4n) is 3.27. The van der Waals surface area contributed by atoms with E-state index in [1.54, 1.807) is 0 Å². The van der Waals surface area contributed by atoms with Gasteiger partial charge in [0.15, 0.2) is 5.65 Å². The minimum atomic E-state index is 0.431. The van der Waals surface area contributed by atoms with Crippen LogP contribution in [0.1, 0.15) is 5.56 Å². The zero-order valence-electron chi connectivity index (χ0n) is 15.7. The third-order valence-electron chi connectivity index (χ3n) is 4.52. The van der Waals surface area contributed by atoms with Crippen LogP contribution in [0, 0.1) is 0 Å². The van der Waals surface area contributed by atoms with Gasteiger partial charge in [0.2, 0.25) is 0 Å². The zero-order chi connectivity index (χ0) is 19.7. The highest BCUT2D eigenvalue weighted by Crippen LogP contribution is 2.34. The van der Waals surface area contributed by atoms with Crippen molar-refractivity contribution in [2.75, 3.05) is 19.8 Å². The maximum Gasteiger partial charge on any atom is 0.165 e. The molecule has 0 spiro atoms. The SMILES string of the molecule is CN(C)Cc1ccc(-c2cc(-c3cccc(Br)c3)c3c(N)ncnc3n2)cc1. The molecule has 0 aliphatic rings. The minimum Gasteiger partial charge on any atom is -0.383 e. The zero-order valence-corrected chi connectivity index (χ0v) is 17.3. The Bertz CT molecular complexity index is 1140. The van der Waals surface area contributed by atoms with E-state index >= 15 is 0 Å². The maximum absolute atomic E-state index is 6.18. The molecule has 0 amide bonds. The van der Waals surface area contributed by atoms with E-state index in [-0.39, 0.29) is 0 Å². The molecule has 0 atom stereocenters. The lowest BCUT2D eigenvalue weighted by Crippen LogP contribution is -2.10. The van der Waals surface area contributed by atoms with Crippen LogP contribution in [0.4, 0.5) is 5.82 Å². The van der Waals surface area contributed by atoms with E-state index in [9.17, 15) is 0 Å². The summed E-state index contributed by atoms with van der Waals surface area (Å²) in [5.41, 5.74) is 11.9. The standard InChI is InChI=1S/C22H20BrN5/c1-28(2)12-14-6-8-15(9-7-14)19-11-18(16-4-3-5-17(23)10-16)20-21(24)25-13-26-22(20)27-19/h3-11,13H,12H2,1-2H3,(H2,24,25,26,27). The Morgan fingerprint density at radius 3 is 2.46 bits per heavy atom. The number of halogens is 1. The monoisotopic (exact) mass is 433 g/mol. The summed E-state index contributed by atoms with van der Waals surface area (Å²) in [6.07, 6.45) is 1.46. The first kappa shape index (κ1) is 18.5. The maximum atomic E-state index is 6.18. The van der Waals surface area contributed by atoms with Crippen LogP contribution in [0.15, 0.2) is 65.4 Å². The molecule has 0 radical (unpaired) electrons. The van der Waals surface area contributed by atoms with Gasteiger partial charge in [-0.1, -0.05) is 52.3 Å². The Labute approximate surface area is 172 Å². The van der Waals surface area contributed by atoms with Gasteiger partial charge >= 0.3 is 0 Å². The van der Waals surface area contributed by atoms with E-state index in [2.05, 4.69) is 87.4 Å². The lowest BCUT2D eigenvalue weighted by Gasteiger charge is -2.12. The van der Waals surface area contributed by atoms with Gasteiger partial charge < -0.3 is 10.6 Å². The Kier molecular flexibility index (Phi) is 5.07. The van der Waals surface area contributed by atoms with Gasteiger partial charge in [0.1, 0.15) is 12.1 Å². The highest BCUT2D eigenvalue weighted by atomic mass is 79.9. The number of hydrogen-bond acceptors (Lipinski definition) is 5. The number of rotatable bonds is 4. The van der Waals surface area contributed by atoms with Crippen molar-refractivity contribution in [3.05, 3.63) is 71.0 Å². The summed E-state index contributed by atoms with van der Waals surface area (Å²) in [5.74, 6) is 0.431. The number of nitrogens with two attached hydrogens (primary N) is 1. The molecular formula is C22H20BrN5. The van der Waals surface area contributed by atoms with Gasteiger partial charge in [-0.25, -0.2) is 15.0 Å². The first-order valence-corrected chi connectivity index (χ1v) is 9.72. The van der Waals surface area contributed by atoms with Crippen molar-refractivity contribution < 1.29 is 0 Å². The van der Waals surface area contributed by atoms with Gasteiger partial charge in [0, 0.05) is 16.6 Å². The molecule has 2 aromatic carbocycles. The second-order valence-electron chi connectivity index (χ2n) is 6.96. The van der Waals surface area contributed by atoms with Crippen molar-refractivity contribution in [2.45, 2.75) is 6.54 Å². The Balaban J connectivity index is 1.89. The van der Waals surface area contributed by atoms with Crippen molar-refractivity contribution in [1.82, 2.24) is 19.9 Å². The lowest BCUT2D eigenvalue weighted by molar-refractivity contribution is 0.402. The lowest BCUT2D eigenvalue weighted by atomic mass is 9.99. The van der Waals surface area contributed by atoms with Gasteiger partial charge in [-0.2, -0.15) is 0 Å². The molecule has 0 fully saturated rings. The highest BCUT2D eigenvalue weighted by molar-refractivity contribution is 9.10. The Morgan fingerprint density at radius 1 is 0.964 bits per heavy atom. The van der Waals surface area contributed by atoms with Crippen LogP contribution < -0.4 is 5.73 Å². The quantitative estimate of drug-likeness (QED) is 0.502. The second-order valence-corrected chi connectivity index (χ2v) is 7.87. The first-order chi connectivity index (χ1) is 13.5. The molecule has 28 heavy (non-hydrogen) atoms. The van der Waals surface area contributed by atoms with Crippen molar-refractivity contribution in [2.24, 2.45) is 0 Å². The number of nitrogen functional groups attached to an aromatic ring is 1. The van der Waals surface area contributed by atoms with E-state index < -0.39 is 0 Å². The molecule has 4 rings (SSSR count). The van der Waals surface area contributed by atoms with E-state index in [1.165, 1.54) is 11.9 Å². The number of pyridine rings is 1. The smallest absolute Gasteiger partial charge is 0.165 e. The van der Waals surface area contributed by atoms with Gasteiger partial charge in [-0.05, 0) is 49.0 Å². The van der Waals surface area contributed by atoms with Gasteiger partial charge in [0.25, 0.3) is 0 Å². The number of benzene rings is 2. The summed E-state index contributed by atoms with van der Waals surface area (Å²) in [6.45, 7) is 0.901. The van der Waals surface area contributed by atoms with Crippen molar-refractivity contribution in [3.63, 3.8) is 0 Å². The normalized spacial score (nSPS) is 11.3. The first-order valence-electron chi connectivity index (χ1n) is 8.92. The number of fused-ring (bicyclic) bond motifs is 1. The molecule has 0 saturated heterocycles. The largest absolute Gasteiger partial charge is 0.383 e. The third-order valence-corrected chi connectivity index (χ3v) is 5.01. The molecule has 2 N–H and O–H groups in total. The third kappa shape index (κ3) is 3.74. The topological polar surface area (TPSA) is 67.9 Å².